The summed E-state index contributed by atoms with van der Waals surface area (Å²) in [6.45, 7) is 1.25. The minimum absolute atomic E-state index is 0.0750. The van der Waals surface area contributed by atoms with E-state index in [1.807, 2.05) is 30.3 Å². The zero-order valence-electron chi connectivity index (χ0n) is 16.2. The van der Waals surface area contributed by atoms with Gasteiger partial charge >= 0.3 is 5.97 Å². The zero-order chi connectivity index (χ0) is 21.2. The molecule has 0 aliphatic rings. The maximum Gasteiger partial charge on any atom is 0.326 e. The molecular formula is C22H25FN2O4. The van der Waals surface area contributed by atoms with Gasteiger partial charge in [0, 0.05) is 13.3 Å². The summed E-state index contributed by atoms with van der Waals surface area (Å²) >= 11 is 0. The van der Waals surface area contributed by atoms with Crippen molar-refractivity contribution in [3.63, 3.8) is 0 Å². The Labute approximate surface area is 169 Å². The van der Waals surface area contributed by atoms with E-state index in [9.17, 15) is 23.9 Å². The topological polar surface area (TPSA) is 95.5 Å². The molecule has 2 aromatic carbocycles. The number of halogens is 1. The number of aliphatic carboxylic acids is 1. The lowest BCUT2D eigenvalue weighted by atomic mass is 10.0. The number of carboxylic acid groups (broad SMARTS) is 1. The van der Waals surface area contributed by atoms with Crippen molar-refractivity contribution in [1.82, 2.24) is 10.6 Å². The summed E-state index contributed by atoms with van der Waals surface area (Å²) < 4.78 is 13.9. The standard InChI is InChI=1S/C22H25FN2O4/c1-15(26)24-20(14-17-11-5-6-12-18(17)23)21(27)25-19(22(28)29)13-7-10-16-8-3-2-4-9-16/h2-6,8-9,11-12,19-20H,7,10,13-14H2,1H3,(H,24,26)(H,25,27)(H,28,29)/t19-,20-/m1/s1. The van der Waals surface area contributed by atoms with Crippen molar-refractivity contribution in [2.45, 2.75) is 44.7 Å². The molecule has 2 rings (SSSR count). The molecule has 2 amide bonds. The van der Waals surface area contributed by atoms with Crippen LogP contribution in [0.4, 0.5) is 4.39 Å². The van der Waals surface area contributed by atoms with Crippen LogP contribution in [0.2, 0.25) is 0 Å². The number of amides is 2. The molecule has 0 unspecified atom stereocenters. The molecular weight excluding hydrogens is 375 g/mol. The van der Waals surface area contributed by atoms with E-state index >= 15 is 0 Å². The number of carbonyl (C=O) groups is 3. The van der Waals surface area contributed by atoms with Crippen LogP contribution in [0, 0.1) is 5.82 Å². The first-order valence-electron chi connectivity index (χ1n) is 9.44. The Hall–Kier alpha value is -3.22. The number of rotatable bonds is 10. The Morgan fingerprint density at radius 2 is 1.62 bits per heavy atom. The van der Waals surface area contributed by atoms with Crippen LogP contribution in [0.25, 0.3) is 0 Å². The maximum atomic E-state index is 13.9. The van der Waals surface area contributed by atoms with Gasteiger partial charge in [-0.15, -0.1) is 0 Å². The largest absolute Gasteiger partial charge is 0.480 e. The molecule has 0 spiro atoms. The molecule has 2 atom stereocenters. The highest BCUT2D eigenvalue weighted by Crippen LogP contribution is 2.11. The van der Waals surface area contributed by atoms with Crippen molar-refractivity contribution < 1.29 is 23.9 Å². The van der Waals surface area contributed by atoms with Gasteiger partial charge in [-0.2, -0.15) is 0 Å². The number of nitrogens with one attached hydrogen (secondary N) is 2. The van der Waals surface area contributed by atoms with E-state index in [4.69, 9.17) is 0 Å². The second kappa shape index (κ2) is 10.9. The summed E-state index contributed by atoms with van der Waals surface area (Å²) in [6, 6.07) is 13.4. The zero-order valence-corrected chi connectivity index (χ0v) is 16.2. The van der Waals surface area contributed by atoms with Crippen LogP contribution in [0.5, 0.6) is 0 Å². The number of carbonyl (C=O) groups excluding carboxylic acids is 2. The van der Waals surface area contributed by atoms with Crippen LogP contribution >= 0.6 is 0 Å². The van der Waals surface area contributed by atoms with Crippen LogP contribution in [-0.2, 0) is 27.2 Å². The summed E-state index contributed by atoms with van der Waals surface area (Å²) in [5.41, 5.74) is 1.34. The van der Waals surface area contributed by atoms with Crippen molar-refractivity contribution in [3.8, 4) is 0 Å². The normalized spacial score (nSPS) is 12.6. The summed E-state index contributed by atoms with van der Waals surface area (Å²) in [4.78, 5) is 35.7. The van der Waals surface area contributed by atoms with E-state index in [0.717, 1.165) is 5.56 Å². The summed E-state index contributed by atoms with van der Waals surface area (Å²) in [5.74, 6) is -2.76. The van der Waals surface area contributed by atoms with Crippen molar-refractivity contribution in [2.75, 3.05) is 0 Å². The SMILES string of the molecule is CC(=O)N[C@H](Cc1ccccc1F)C(=O)N[C@H](CCCc1ccccc1)C(=O)O. The van der Waals surface area contributed by atoms with Gasteiger partial charge in [0.05, 0.1) is 0 Å². The van der Waals surface area contributed by atoms with E-state index in [1.165, 1.54) is 25.1 Å². The minimum Gasteiger partial charge on any atom is -0.480 e. The quantitative estimate of drug-likeness (QED) is 0.571. The van der Waals surface area contributed by atoms with Gasteiger partial charge in [-0.05, 0) is 36.5 Å². The first kappa shape index (κ1) is 22.1. The average Bonchev–Trinajstić information content (AvgIpc) is 2.68. The highest BCUT2D eigenvalue weighted by Gasteiger charge is 2.26. The van der Waals surface area contributed by atoms with Gasteiger partial charge in [-0.25, -0.2) is 9.18 Å². The van der Waals surface area contributed by atoms with Gasteiger partial charge in [0.1, 0.15) is 17.9 Å². The van der Waals surface area contributed by atoms with Crippen molar-refractivity contribution in [2.24, 2.45) is 0 Å². The molecule has 0 bridgehead atoms. The fraction of sp³-hybridized carbons (Fsp3) is 0.318. The van der Waals surface area contributed by atoms with Crippen molar-refractivity contribution >= 4 is 17.8 Å². The van der Waals surface area contributed by atoms with Gasteiger partial charge in [-0.3, -0.25) is 9.59 Å². The fourth-order valence-electron chi connectivity index (χ4n) is 3.02. The lowest BCUT2D eigenvalue weighted by Crippen LogP contribution is -2.52. The molecule has 0 fully saturated rings. The summed E-state index contributed by atoms with van der Waals surface area (Å²) in [6.07, 6.45) is 1.42. The molecule has 6 nitrogen and oxygen atoms in total. The Kier molecular flexibility index (Phi) is 8.33. The predicted molar refractivity (Wildman–Crippen MR) is 107 cm³/mol. The third-order valence-corrected chi connectivity index (χ3v) is 4.49. The second-order valence-corrected chi connectivity index (χ2v) is 6.83. The van der Waals surface area contributed by atoms with E-state index in [2.05, 4.69) is 10.6 Å². The Morgan fingerprint density at radius 3 is 2.24 bits per heavy atom. The molecule has 0 aromatic heterocycles. The smallest absolute Gasteiger partial charge is 0.326 e. The number of aryl methyl sites for hydroxylation is 1. The van der Waals surface area contributed by atoms with Crippen LogP contribution in [0.1, 0.15) is 30.9 Å². The number of carboxylic acids is 1. The van der Waals surface area contributed by atoms with Gasteiger partial charge in [0.25, 0.3) is 0 Å². The van der Waals surface area contributed by atoms with E-state index < -0.39 is 35.7 Å². The van der Waals surface area contributed by atoms with Gasteiger partial charge in [0.15, 0.2) is 0 Å². The summed E-state index contributed by atoms with van der Waals surface area (Å²) in [7, 11) is 0. The minimum atomic E-state index is -1.15. The van der Waals surface area contributed by atoms with Crippen LogP contribution in [0.15, 0.2) is 54.6 Å². The predicted octanol–water partition coefficient (Wildman–Crippen LogP) is 2.47. The molecule has 3 N–H and O–H groups in total. The molecule has 0 aliphatic heterocycles. The number of benzene rings is 2. The van der Waals surface area contributed by atoms with Gasteiger partial charge in [-0.1, -0.05) is 48.5 Å². The van der Waals surface area contributed by atoms with Crippen LogP contribution in [0.3, 0.4) is 0 Å². The molecule has 154 valence electrons. The van der Waals surface area contributed by atoms with E-state index in [-0.39, 0.29) is 18.4 Å². The molecule has 0 saturated carbocycles. The number of hydrogen-bond acceptors (Lipinski definition) is 3. The lowest BCUT2D eigenvalue weighted by Gasteiger charge is -2.21. The molecule has 7 heteroatoms. The Morgan fingerprint density at radius 1 is 0.966 bits per heavy atom. The highest BCUT2D eigenvalue weighted by atomic mass is 19.1. The molecule has 29 heavy (non-hydrogen) atoms. The summed E-state index contributed by atoms with van der Waals surface area (Å²) in [5, 5.41) is 14.4. The Bertz CT molecular complexity index is 842. The van der Waals surface area contributed by atoms with Crippen molar-refractivity contribution in [1.29, 1.82) is 0 Å². The second-order valence-electron chi connectivity index (χ2n) is 6.83. The third kappa shape index (κ3) is 7.37. The lowest BCUT2D eigenvalue weighted by molar-refractivity contribution is -0.142. The van der Waals surface area contributed by atoms with Crippen LogP contribution in [-0.4, -0.2) is 35.0 Å². The maximum absolute atomic E-state index is 13.9. The first-order valence-corrected chi connectivity index (χ1v) is 9.44. The van der Waals surface area contributed by atoms with E-state index in [1.54, 1.807) is 6.07 Å². The van der Waals surface area contributed by atoms with Gasteiger partial charge < -0.3 is 15.7 Å². The average molecular weight is 400 g/mol. The third-order valence-electron chi connectivity index (χ3n) is 4.49. The molecule has 2 aromatic rings. The Balaban J connectivity index is 2.00. The van der Waals surface area contributed by atoms with Crippen LogP contribution < -0.4 is 10.6 Å². The number of hydrogen-bond donors (Lipinski definition) is 3. The first-order chi connectivity index (χ1) is 13.9. The monoisotopic (exact) mass is 400 g/mol. The van der Waals surface area contributed by atoms with Gasteiger partial charge in [0.2, 0.25) is 11.8 Å². The fourth-order valence-corrected chi connectivity index (χ4v) is 3.02. The molecule has 0 radical (unpaired) electrons. The van der Waals surface area contributed by atoms with E-state index in [0.29, 0.717) is 12.8 Å². The molecule has 0 heterocycles. The molecule has 0 saturated heterocycles. The highest BCUT2D eigenvalue weighted by molar-refractivity contribution is 5.90. The molecule has 0 aliphatic carbocycles. The van der Waals surface area contributed by atoms with Crippen molar-refractivity contribution in [3.05, 3.63) is 71.5 Å².